The molecule has 0 spiro atoms. The Hall–Kier alpha value is -4.29. The highest BCUT2D eigenvalue weighted by molar-refractivity contribution is 5.77. The highest BCUT2D eigenvalue weighted by Gasteiger charge is 2.51. The van der Waals surface area contributed by atoms with E-state index >= 15 is 0 Å². The topological polar surface area (TPSA) is 32.0 Å². The Kier molecular flexibility index (Phi) is 5.61. The molecule has 3 nitrogen and oxygen atoms in total. The number of hydrogen-bond acceptors (Lipinski definition) is 2. The Labute approximate surface area is 243 Å². The number of rotatable bonds is 3. The molecule has 0 saturated heterocycles. The van der Waals surface area contributed by atoms with E-state index in [0.29, 0.717) is 12.0 Å². The van der Waals surface area contributed by atoms with E-state index in [9.17, 15) is 5.26 Å². The van der Waals surface area contributed by atoms with Gasteiger partial charge in [0.25, 0.3) is 0 Å². The van der Waals surface area contributed by atoms with Crippen LogP contribution in [0.15, 0.2) is 97.1 Å². The van der Waals surface area contributed by atoms with Crippen molar-refractivity contribution in [2.45, 2.75) is 62.4 Å². The molecule has 3 heteroatoms. The van der Waals surface area contributed by atoms with Crippen molar-refractivity contribution in [1.29, 1.82) is 5.26 Å². The fourth-order valence-electron chi connectivity index (χ4n) is 8.32. The van der Waals surface area contributed by atoms with Crippen LogP contribution in [-0.4, -0.2) is 10.6 Å². The molecule has 0 fully saturated rings. The number of hydrogen-bond donors (Lipinski definition) is 0. The summed E-state index contributed by atoms with van der Waals surface area (Å²) in [5, 5.41) is 10.1. The van der Waals surface area contributed by atoms with Crippen LogP contribution in [0.2, 0.25) is 0 Å². The lowest BCUT2D eigenvalue weighted by Gasteiger charge is -2.44. The molecule has 0 N–H and O–H groups in total. The monoisotopic (exact) mass is 533 g/mol. The minimum Gasteiger partial charge on any atom is -0.360 e. The van der Waals surface area contributed by atoms with E-state index in [-0.39, 0.29) is 17.4 Å². The van der Waals surface area contributed by atoms with Crippen molar-refractivity contribution in [2.24, 2.45) is 5.92 Å². The molecule has 41 heavy (non-hydrogen) atoms. The Morgan fingerprint density at radius 3 is 2.63 bits per heavy atom. The first-order chi connectivity index (χ1) is 20.2. The molecule has 0 saturated carbocycles. The molecule has 4 unspecified atom stereocenters. The molecule has 5 aliphatic rings. The maximum absolute atomic E-state index is 10.1. The summed E-state index contributed by atoms with van der Waals surface area (Å²) in [6.45, 7) is 2.45. The maximum Gasteiger partial charge on any atom is 0.0902 e. The average molecular weight is 534 g/mol. The van der Waals surface area contributed by atoms with Crippen LogP contribution in [0.25, 0.3) is 17.8 Å². The molecule has 8 rings (SSSR count). The first-order valence-electron chi connectivity index (χ1n) is 15.2. The van der Waals surface area contributed by atoms with Gasteiger partial charge in [0.15, 0.2) is 0 Å². The summed E-state index contributed by atoms with van der Waals surface area (Å²) in [4.78, 5) is 2.80. The second kappa shape index (κ2) is 9.38. The molecule has 1 aliphatic heterocycles. The van der Waals surface area contributed by atoms with Gasteiger partial charge in [-0.2, -0.15) is 5.26 Å². The summed E-state index contributed by atoms with van der Waals surface area (Å²) in [5.41, 5.74) is 10.8. The van der Waals surface area contributed by atoms with Gasteiger partial charge in [-0.25, -0.2) is 0 Å². The number of fused-ring (bicyclic) bond motifs is 6. The van der Waals surface area contributed by atoms with Crippen molar-refractivity contribution < 1.29 is 0 Å². The third-order valence-electron chi connectivity index (χ3n) is 10.2. The van der Waals surface area contributed by atoms with Crippen LogP contribution in [0.4, 0.5) is 5.69 Å². The smallest absolute Gasteiger partial charge is 0.0902 e. The normalized spacial score (nSPS) is 28.9. The van der Waals surface area contributed by atoms with Gasteiger partial charge in [0.2, 0.25) is 0 Å². The number of aromatic nitrogens is 1. The lowest BCUT2D eigenvalue weighted by atomic mass is 9.69. The van der Waals surface area contributed by atoms with E-state index in [0.717, 1.165) is 37.8 Å². The second-order valence-corrected chi connectivity index (χ2v) is 12.4. The first kappa shape index (κ1) is 24.5. The number of benzene rings is 2. The maximum atomic E-state index is 10.1. The molecule has 5 atom stereocenters. The zero-order valence-electron chi connectivity index (χ0n) is 23.6. The molecule has 2 aromatic carbocycles. The Balaban J connectivity index is 1.30. The molecule has 3 aromatic rings. The number of nitriles is 1. The van der Waals surface area contributed by atoms with Crippen LogP contribution in [0.3, 0.4) is 0 Å². The van der Waals surface area contributed by atoms with E-state index in [1.54, 1.807) is 0 Å². The first-order valence-corrected chi connectivity index (χ1v) is 15.2. The molecular formula is C38H35N3. The predicted octanol–water partition coefficient (Wildman–Crippen LogP) is 8.74. The Bertz CT molecular complexity index is 1720. The third kappa shape index (κ3) is 3.56. The molecule has 202 valence electrons. The molecule has 0 radical (unpaired) electrons. The quantitative estimate of drug-likeness (QED) is 0.315. The van der Waals surface area contributed by atoms with E-state index < -0.39 is 0 Å². The average Bonchev–Trinajstić information content (AvgIpc) is 3.50. The van der Waals surface area contributed by atoms with E-state index in [4.69, 9.17) is 0 Å². The van der Waals surface area contributed by atoms with E-state index in [1.165, 1.54) is 39.3 Å². The lowest BCUT2D eigenvalue weighted by molar-refractivity contribution is 0.375. The summed E-state index contributed by atoms with van der Waals surface area (Å²) >= 11 is 0. The minimum atomic E-state index is -0.129. The SMILES string of the molecule is CC12C=CC(c3ccccc3)CC1N([C@@H]1CC=Cc3c1c1c(n3C3=CC=CCC3C#N)C=CCC1)c1ccccc12. The predicted molar refractivity (Wildman–Crippen MR) is 168 cm³/mol. The summed E-state index contributed by atoms with van der Waals surface area (Å²) in [6, 6.07) is 23.4. The van der Waals surface area contributed by atoms with Gasteiger partial charge in [0.05, 0.1) is 23.7 Å². The number of para-hydroxylation sites is 1. The third-order valence-corrected chi connectivity index (χ3v) is 10.2. The zero-order valence-corrected chi connectivity index (χ0v) is 23.6. The van der Waals surface area contributed by atoms with Gasteiger partial charge in [-0.15, -0.1) is 0 Å². The van der Waals surface area contributed by atoms with Crippen LogP contribution >= 0.6 is 0 Å². The van der Waals surface area contributed by atoms with Crippen molar-refractivity contribution in [3.8, 4) is 6.07 Å². The summed E-state index contributed by atoms with van der Waals surface area (Å²) in [6.07, 6.45) is 25.7. The highest BCUT2D eigenvalue weighted by atomic mass is 15.2. The Morgan fingerprint density at radius 1 is 0.927 bits per heavy atom. The Morgan fingerprint density at radius 2 is 1.76 bits per heavy atom. The van der Waals surface area contributed by atoms with Crippen molar-refractivity contribution >= 4 is 23.5 Å². The largest absolute Gasteiger partial charge is 0.360 e. The summed E-state index contributed by atoms with van der Waals surface area (Å²) in [7, 11) is 0. The lowest BCUT2D eigenvalue weighted by Crippen LogP contribution is -2.46. The fourth-order valence-corrected chi connectivity index (χ4v) is 8.32. The van der Waals surface area contributed by atoms with E-state index in [1.807, 2.05) is 0 Å². The molecule has 0 amide bonds. The van der Waals surface area contributed by atoms with Crippen molar-refractivity contribution in [3.63, 3.8) is 0 Å². The van der Waals surface area contributed by atoms with Crippen molar-refractivity contribution in [3.05, 3.63) is 131 Å². The van der Waals surface area contributed by atoms with Gasteiger partial charge in [0, 0.05) is 40.0 Å². The fraction of sp³-hybridized carbons (Fsp3) is 0.289. The molecule has 4 aliphatic carbocycles. The highest BCUT2D eigenvalue weighted by Crippen LogP contribution is 2.56. The molecule has 0 bridgehead atoms. The van der Waals surface area contributed by atoms with Crippen LogP contribution in [0.1, 0.15) is 78.2 Å². The van der Waals surface area contributed by atoms with Gasteiger partial charge < -0.3 is 9.47 Å². The summed E-state index contributed by atoms with van der Waals surface area (Å²) < 4.78 is 2.43. The van der Waals surface area contributed by atoms with Crippen molar-refractivity contribution in [2.75, 3.05) is 4.90 Å². The van der Waals surface area contributed by atoms with Crippen molar-refractivity contribution in [1.82, 2.24) is 4.57 Å². The molecular weight excluding hydrogens is 498 g/mol. The molecule has 2 heterocycles. The molecule has 1 aromatic heterocycles. The van der Waals surface area contributed by atoms with Crippen LogP contribution in [-0.2, 0) is 11.8 Å². The standard InChI is InChI=1S/C38H35N3/c1-38-23-22-27(26-12-3-2-4-13-26)24-36(38)41(33-19-10-7-16-30(33)38)35-21-11-20-34-37(35)29-15-6-9-18-32(29)40(34)31-17-8-5-14-28(31)25-39/h2-5,7-13,16-20,22-23,27-28,35-36H,6,14-15,21,24H2,1H3/t27?,28?,35-,36?,38?/m1/s1. The number of allylic oxidation sites excluding steroid dienone is 6. The second-order valence-electron chi connectivity index (χ2n) is 12.4. The van der Waals surface area contributed by atoms with E-state index in [2.05, 4.69) is 132 Å². The minimum absolute atomic E-state index is 0.0334. The number of nitrogens with zero attached hydrogens (tertiary/aromatic N) is 3. The van der Waals surface area contributed by atoms with Crippen LogP contribution < -0.4 is 4.90 Å². The summed E-state index contributed by atoms with van der Waals surface area (Å²) in [5.74, 6) is 0.275. The van der Waals surface area contributed by atoms with Crippen LogP contribution in [0, 0.1) is 17.2 Å². The van der Waals surface area contributed by atoms with Gasteiger partial charge in [0.1, 0.15) is 0 Å². The van der Waals surface area contributed by atoms with Gasteiger partial charge >= 0.3 is 0 Å². The van der Waals surface area contributed by atoms with Gasteiger partial charge in [-0.1, -0.05) is 85.0 Å². The van der Waals surface area contributed by atoms with Gasteiger partial charge in [-0.3, -0.25) is 0 Å². The van der Waals surface area contributed by atoms with Crippen LogP contribution in [0.5, 0.6) is 0 Å². The van der Waals surface area contributed by atoms with Gasteiger partial charge in [-0.05, 0) is 80.0 Å². The number of anilines is 1. The zero-order chi connectivity index (χ0) is 27.6.